The average Bonchev–Trinajstić information content (AvgIpc) is 2.70. The summed E-state index contributed by atoms with van der Waals surface area (Å²) in [6.07, 6.45) is 0. The van der Waals surface area contributed by atoms with Gasteiger partial charge in [0.15, 0.2) is 0 Å². The van der Waals surface area contributed by atoms with E-state index in [1.165, 1.54) is 13.5 Å². The van der Waals surface area contributed by atoms with E-state index in [0.717, 1.165) is 0 Å². The van der Waals surface area contributed by atoms with E-state index in [1.807, 2.05) is 22.7 Å². The van der Waals surface area contributed by atoms with Crippen molar-refractivity contribution in [3.05, 3.63) is 21.3 Å². The van der Waals surface area contributed by atoms with Crippen LogP contribution < -0.4 is 10.4 Å². The summed E-state index contributed by atoms with van der Waals surface area (Å²) in [4.78, 5) is 3.06. The SMILES string of the molecule is C[Si]1(C)c2ccsc2-c2sc(Br)cc21. The zero-order chi connectivity index (χ0) is 9.92. The fourth-order valence-corrected chi connectivity index (χ4v) is 9.75. The van der Waals surface area contributed by atoms with Crippen LogP contribution >= 0.6 is 38.6 Å². The van der Waals surface area contributed by atoms with Crippen molar-refractivity contribution in [2.45, 2.75) is 13.1 Å². The molecule has 2 aromatic rings. The zero-order valence-electron chi connectivity index (χ0n) is 7.93. The molecule has 4 heteroatoms. The molecule has 72 valence electrons. The molecule has 0 amide bonds. The first-order chi connectivity index (χ1) is 6.60. The number of hydrogen-bond donors (Lipinski definition) is 0. The summed E-state index contributed by atoms with van der Waals surface area (Å²) in [5.74, 6) is 0. The van der Waals surface area contributed by atoms with Crippen molar-refractivity contribution in [2.24, 2.45) is 0 Å². The van der Waals surface area contributed by atoms with Gasteiger partial charge in [0.25, 0.3) is 0 Å². The topological polar surface area (TPSA) is 0 Å². The van der Waals surface area contributed by atoms with Crippen molar-refractivity contribution in [3.63, 3.8) is 0 Å². The van der Waals surface area contributed by atoms with Gasteiger partial charge in [-0.05, 0) is 37.7 Å². The van der Waals surface area contributed by atoms with Gasteiger partial charge < -0.3 is 0 Å². The highest BCUT2D eigenvalue weighted by molar-refractivity contribution is 9.11. The monoisotopic (exact) mass is 300 g/mol. The Morgan fingerprint density at radius 1 is 1.21 bits per heavy atom. The van der Waals surface area contributed by atoms with Crippen LogP contribution in [0.5, 0.6) is 0 Å². The molecule has 0 aromatic carbocycles. The third kappa shape index (κ3) is 1.03. The summed E-state index contributed by atoms with van der Waals surface area (Å²) < 4.78 is 1.28. The first-order valence-corrected chi connectivity index (χ1v) is 9.98. The summed E-state index contributed by atoms with van der Waals surface area (Å²) in [5, 5.41) is 5.49. The highest BCUT2D eigenvalue weighted by Crippen LogP contribution is 2.38. The number of fused-ring (bicyclic) bond motifs is 3. The molecule has 0 saturated carbocycles. The lowest BCUT2D eigenvalue weighted by Gasteiger charge is -2.15. The van der Waals surface area contributed by atoms with Crippen molar-refractivity contribution in [1.82, 2.24) is 0 Å². The van der Waals surface area contributed by atoms with E-state index in [1.54, 1.807) is 10.4 Å². The van der Waals surface area contributed by atoms with E-state index >= 15 is 0 Å². The van der Waals surface area contributed by atoms with Crippen LogP contribution in [0.3, 0.4) is 0 Å². The molecule has 2 aromatic heterocycles. The van der Waals surface area contributed by atoms with Gasteiger partial charge in [-0.3, -0.25) is 0 Å². The minimum Gasteiger partial charge on any atom is -0.143 e. The first kappa shape index (κ1) is 9.33. The van der Waals surface area contributed by atoms with E-state index in [4.69, 9.17) is 0 Å². The van der Waals surface area contributed by atoms with Crippen molar-refractivity contribution in [3.8, 4) is 9.75 Å². The third-order valence-corrected chi connectivity index (χ3v) is 9.50. The van der Waals surface area contributed by atoms with Crippen molar-refractivity contribution < 1.29 is 0 Å². The van der Waals surface area contributed by atoms with E-state index in [0.29, 0.717) is 0 Å². The number of rotatable bonds is 0. The molecule has 0 fully saturated rings. The van der Waals surface area contributed by atoms with Crippen LogP contribution in [-0.4, -0.2) is 8.07 Å². The van der Waals surface area contributed by atoms with Gasteiger partial charge >= 0.3 is 0 Å². The van der Waals surface area contributed by atoms with Gasteiger partial charge in [0.2, 0.25) is 0 Å². The van der Waals surface area contributed by atoms with Crippen LogP contribution in [0.1, 0.15) is 0 Å². The average molecular weight is 301 g/mol. The molecule has 0 spiro atoms. The lowest BCUT2D eigenvalue weighted by Crippen LogP contribution is -2.48. The maximum Gasteiger partial charge on any atom is 0.116 e. The quantitative estimate of drug-likeness (QED) is 0.655. The van der Waals surface area contributed by atoms with E-state index in [2.05, 4.69) is 46.5 Å². The molecule has 3 heterocycles. The lowest BCUT2D eigenvalue weighted by atomic mass is 10.4. The molecule has 14 heavy (non-hydrogen) atoms. The van der Waals surface area contributed by atoms with Crippen LogP contribution in [0.15, 0.2) is 21.3 Å². The van der Waals surface area contributed by atoms with Gasteiger partial charge in [-0.2, -0.15) is 0 Å². The molecule has 0 unspecified atom stereocenters. The minimum absolute atomic E-state index is 1.28. The molecular weight excluding hydrogens is 292 g/mol. The maximum absolute atomic E-state index is 3.59. The Morgan fingerprint density at radius 3 is 2.79 bits per heavy atom. The highest BCUT2D eigenvalue weighted by Gasteiger charge is 2.39. The Kier molecular flexibility index (Phi) is 1.88. The van der Waals surface area contributed by atoms with Crippen molar-refractivity contribution in [2.75, 3.05) is 0 Å². The second-order valence-electron chi connectivity index (χ2n) is 4.08. The summed E-state index contributed by atoms with van der Waals surface area (Å²) >= 11 is 7.38. The number of hydrogen-bond acceptors (Lipinski definition) is 2. The zero-order valence-corrected chi connectivity index (χ0v) is 12.1. The van der Waals surface area contributed by atoms with Crippen LogP contribution in [0.2, 0.25) is 13.1 Å². The van der Waals surface area contributed by atoms with Crippen LogP contribution in [0.25, 0.3) is 9.75 Å². The Bertz CT molecular complexity index is 510. The Hall–Kier alpha value is 0.0969. The largest absolute Gasteiger partial charge is 0.143 e. The number of halogens is 1. The van der Waals surface area contributed by atoms with E-state index in [-0.39, 0.29) is 0 Å². The third-order valence-electron chi connectivity index (χ3n) is 2.92. The van der Waals surface area contributed by atoms with Gasteiger partial charge in [-0.15, -0.1) is 22.7 Å². The van der Waals surface area contributed by atoms with Crippen molar-refractivity contribution in [1.29, 1.82) is 0 Å². The molecule has 0 radical (unpaired) electrons. The molecular formula is C10H9BrS2Si. The first-order valence-electron chi connectivity index (χ1n) is 4.49. The summed E-state index contributed by atoms with van der Waals surface area (Å²) in [5.41, 5.74) is 0. The molecule has 0 atom stereocenters. The summed E-state index contributed by atoms with van der Waals surface area (Å²) in [6, 6.07) is 4.66. The predicted octanol–water partition coefficient (Wildman–Crippen LogP) is 3.38. The fraction of sp³-hybridized carbons (Fsp3) is 0.200. The Morgan fingerprint density at radius 2 is 2.00 bits per heavy atom. The summed E-state index contributed by atoms with van der Waals surface area (Å²) in [6.45, 7) is 4.90. The molecule has 1 aliphatic heterocycles. The molecule has 3 rings (SSSR count). The summed E-state index contributed by atoms with van der Waals surface area (Å²) in [7, 11) is -1.32. The van der Waals surface area contributed by atoms with Crippen LogP contribution in [-0.2, 0) is 0 Å². The minimum atomic E-state index is -1.32. The molecule has 0 nitrogen and oxygen atoms in total. The maximum atomic E-state index is 3.59. The van der Waals surface area contributed by atoms with Gasteiger partial charge in [0, 0.05) is 9.75 Å². The predicted molar refractivity (Wildman–Crippen MR) is 72.1 cm³/mol. The number of thiophene rings is 2. The van der Waals surface area contributed by atoms with Crippen molar-refractivity contribution >= 4 is 57.1 Å². The van der Waals surface area contributed by atoms with E-state index in [9.17, 15) is 0 Å². The lowest BCUT2D eigenvalue weighted by molar-refractivity contribution is 1.85. The van der Waals surface area contributed by atoms with Gasteiger partial charge in [0.05, 0.1) is 3.79 Å². The molecule has 0 N–H and O–H groups in total. The van der Waals surface area contributed by atoms with Gasteiger partial charge in [-0.25, -0.2) is 0 Å². The highest BCUT2D eigenvalue weighted by atomic mass is 79.9. The second kappa shape index (κ2) is 2.81. The van der Waals surface area contributed by atoms with Gasteiger partial charge in [0.1, 0.15) is 8.07 Å². The van der Waals surface area contributed by atoms with E-state index < -0.39 is 8.07 Å². The fourth-order valence-electron chi connectivity index (χ4n) is 2.12. The normalized spacial score (nSPS) is 16.8. The second-order valence-corrected chi connectivity index (χ2v) is 11.8. The van der Waals surface area contributed by atoms with Gasteiger partial charge in [-0.1, -0.05) is 19.2 Å². The Balaban J connectivity index is 2.40. The smallest absolute Gasteiger partial charge is 0.116 e. The Labute approximate surface area is 101 Å². The molecule has 0 bridgehead atoms. The van der Waals surface area contributed by atoms with Crippen LogP contribution in [0.4, 0.5) is 0 Å². The van der Waals surface area contributed by atoms with Crippen LogP contribution in [0, 0.1) is 0 Å². The molecule has 0 aliphatic carbocycles. The standard InChI is InChI=1S/C10H9BrS2Si/c1-14(2)6-3-4-12-9(6)10-7(14)5-8(11)13-10/h3-5H,1-2H3. The molecule has 0 saturated heterocycles. The molecule has 1 aliphatic rings.